The molecule has 0 aliphatic carbocycles. The van der Waals surface area contributed by atoms with E-state index in [0.717, 1.165) is 27.2 Å². The SMILES string of the molecule is CCOC(=O)C1CCN(C(=O)CN(C)c2nn3c(NC(C)(C)C)c(-c4ccccc4)nc3s2)CC1. The van der Waals surface area contributed by atoms with Crippen molar-refractivity contribution in [1.29, 1.82) is 0 Å². The fourth-order valence-corrected chi connectivity index (χ4v) is 5.01. The van der Waals surface area contributed by atoms with Crippen LogP contribution in [0.15, 0.2) is 30.3 Å². The second-order valence-electron chi connectivity index (χ2n) is 9.89. The first-order valence-corrected chi connectivity index (χ1v) is 12.9. The van der Waals surface area contributed by atoms with Gasteiger partial charge in [0.1, 0.15) is 5.69 Å². The molecule has 0 spiro atoms. The van der Waals surface area contributed by atoms with Gasteiger partial charge in [-0.3, -0.25) is 9.59 Å². The summed E-state index contributed by atoms with van der Waals surface area (Å²) in [4.78, 5) is 34.2. The van der Waals surface area contributed by atoms with E-state index in [1.165, 1.54) is 11.3 Å². The number of nitrogens with one attached hydrogen (secondary N) is 1. The predicted molar refractivity (Wildman–Crippen MR) is 139 cm³/mol. The third kappa shape index (κ3) is 5.75. The molecule has 1 aliphatic heterocycles. The number of anilines is 2. The van der Waals surface area contributed by atoms with Gasteiger partial charge in [0, 0.05) is 31.2 Å². The number of ether oxygens (including phenoxy) is 1. The zero-order valence-electron chi connectivity index (χ0n) is 21.1. The molecule has 3 aromatic rings. The Morgan fingerprint density at radius 1 is 1.20 bits per heavy atom. The molecule has 2 aromatic heterocycles. The summed E-state index contributed by atoms with van der Waals surface area (Å²) >= 11 is 1.45. The lowest BCUT2D eigenvalue weighted by atomic mass is 9.97. The van der Waals surface area contributed by atoms with E-state index in [1.54, 1.807) is 0 Å². The quantitative estimate of drug-likeness (QED) is 0.494. The normalized spacial score (nSPS) is 14.8. The van der Waals surface area contributed by atoms with Crippen LogP contribution < -0.4 is 10.2 Å². The van der Waals surface area contributed by atoms with Crippen LogP contribution in [-0.4, -0.2) is 70.2 Å². The van der Waals surface area contributed by atoms with Crippen LogP contribution >= 0.6 is 11.3 Å². The summed E-state index contributed by atoms with van der Waals surface area (Å²) in [6.45, 7) is 9.86. The van der Waals surface area contributed by atoms with Crippen LogP contribution in [0.3, 0.4) is 0 Å². The Hall–Kier alpha value is -3.14. The Balaban J connectivity index is 1.48. The summed E-state index contributed by atoms with van der Waals surface area (Å²) in [6, 6.07) is 10.1. The molecule has 188 valence electrons. The van der Waals surface area contributed by atoms with E-state index in [2.05, 4.69) is 26.1 Å². The summed E-state index contributed by atoms with van der Waals surface area (Å²) in [5, 5.41) is 9.07. The fourth-order valence-electron chi connectivity index (χ4n) is 4.15. The number of carbonyl (C=O) groups excluding carboxylic acids is 2. The number of hydrogen-bond donors (Lipinski definition) is 1. The number of carbonyl (C=O) groups is 2. The van der Waals surface area contributed by atoms with Crippen molar-refractivity contribution >= 4 is 39.1 Å². The molecule has 0 atom stereocenters. The van der Waals surface area contributed by atoms with Gasteiger partial charge in [0.05, 0.1) is 19.1 Å². The van der Waals surface area contributed by atoms with E-state index >= 15 is 0 Å². The zero-order valence-corrected chi connectivity index (χ0v) is 21.9. The van der Waals surface area contributed by atoms with Crippen molar-refractivity contribution in [1.82, 2.24) is 19.5 Å². The van der Waals surface area contributed by atoms with E-state index in [-0.39, 0.29) is 29.9 Å². The summed E-state index contributed by atoms with van der Waals surface area (Å²) in [5.41, 5.74) is 1.70. The first-order chi connectivity index (χ1) is 16.7. The van der Waals surface area contributed by atoms with Crippen molar-refractivity contribution in [3.05, 3.63) is 30.3 Å². The van der Waals surface area contributed by atoms with Crippen molar-refractivity contribution in [3.63, 3.8) is 0 Å². The number of nitrogens with zero attached hydrogens (tertiary/aromatic N) is 5. The molecule has 0 bridgehead atoms. The largest absolute Gasteiger partial charge is 0.466 e. The number of piperidine rings is 1. The standard InChI is InChI=1S/C25H34N6O3S/c1-6-34-22(33)18-12-14-30(15-13-18)19(32)16-29(5)24-28-31-21(27-25(2,3)4)20(26-23(31)35-24)17-10-8-7-9-11-17/h7-11,18,27H,6,12-16H2,1-5H3. The first kappa shape index (κ1) is 25.0. The van der Waals surface area contributed by atoms with Gasteiger partial charge in [-0.1, -0.05) is 41.7 Å². The Kier molecular flexibility index (Phi) is 7.30. The summed E-state index contributed by atoms with van der Waals surface area (Å²) < 4.78 is 6.96. The van der Waals surface area contributed by atoms with E-state index in [4.69, 9.17) is 14.8 Å². The zero-order chi connectivity index (χ0) is 25.2. The van der Waals surface area contributed by atoms with Crippen LogP contribution in [-0.2, 0) is 14.3 Å². The van der Waals surface area contributed by atoms with Gasteiger partial charge in [-0.15, -0.1) is 5.10 Å². The summed E-state index contributed by atoms with van der Waals surface area (Å²) in [6.07, 6.45) is 1.28. The molecule has 1 fully saturated rings. The molecule has 3 heterocycles. The Bertz CT molecular complexity index is 1180. The third-order valence-corrected chi connectivity index (χ3v) is 6.92. The molecule has 1 aliphatic rings. The lowest BCUT2D eigenvalue weighted by molar-refractivity contribution is -0.151. The number of likely N-dealkylation sites (N-methyl/N-ethyl adjacent to an activating group) is 1. The number of likely N-dealkylation sites (tertiary alicyclic amines) is 1. The predicted octanol–water partition coefficient (Wildman–Crippen LogP) is 3.91. The van der Waals surface area contributed by atoms with Gasteiger partial charge in [-0.2, -0.15) is 4.52 Å². The number of aromatic nitrogens is 3. The molecule has 35 heavy (non-hydrogen) atoms. The van der Waals surface area contributed by atoms with Crippen LogP contribution in [0.25, 0.3) is 16.2 Å². The lowest BCUT2D eigenvalue weighted by Crippen LogP contribution is -2.44. The second kappa shape index (κ2) is 10.2. The van der Waals surface area contributed by atoms with Gasteiger partial charge in [0.25, 0.3) is 0 Å². The van der Waals surface area contributed by atoms with Gasteiger partial charge in [0.2, 0.25) is 16.0 Å². The highest BCUT2D eigenvalue weighted by Gasteiger charge is 2.29. The fraction of sp³-hybridized carbons (Fsp3) is 0.520. The number of rotatable bonds is 7. The van der Waals surface area contributed by atoms with Crippen molar-refractivity contribution < 1.29 is 14.3 Å². The topological polar surface area (TPSA) is 92.1 Å². The van der Waals surface area contributed by atoms with Crippen LogP contribution in [0.5, 0.6) is 0 Å². The number of benzene rings is 1. The maximum absolute atomic E-state index is 12.9. The van der Waals surface area contributed by atoms with Crippen molar-refractivity contribution in [2.75, 3.05) is 43.5 Å². The minimum Gasteiger partial charge on any atom is -0.466 e. The number of imidazole rings is 1. The van der Waals surface area contributed by atoms with Crippen LogP contribution in [0.2, 0.25) is 0 Å². The van der Waals surface area contributed by atoms with Crippen molar-refractivity contribution in [2.45, 2.75) is 46.1 Å². The molecule has 9 nitrogen and oxygen atoms in total. The minimum atomic E-state index is -0.180. The maximum atomic E-state index is 12.9. The van der Waals surface area contributed by atoms with E-state index < -0.39 is 0 Å². The Morgan fingerprint density at radius 2 is 1.89 bits per heavy atom. The van der Waals surface area contributed by atoms with Gasteiger partial charge in [-0.25, -0.2) is 4.98 Å². The minimum absolute atomic E-state index is 0.0284. The average Bonchev–Trinajstić information content (AvgIpc) is 3.38. The molecule has 10 heteroatoms. The van der Waals surface area contributed by atoms with Crippen LogP contribution in [0, 0.1) is 5.92 Å². The second-order valence-corrected chi connectivity index (χ2v) is 10.8. The van der Waals surface area contributed by atoms with Gasteiger partial charge in [0.15, 0.2) is 5.82 Å². The number of esters is 1. The summed E-state index contributed by atoms with van der Waals surface area (Å²) in [5.74, 6) is 0.594. The number of fused-ring (bicyclic) bond motifs is 1. The number of amides is 1. The molecule has 1 amide bonds. The molecule has 4 rings (SSSR count). The monoisotopic (exact) mass is 498 g/mol. The molecule has 0 unspecified atom stereocenters. The molecule has 1 aromatic carbocycles. The van der Waals surface area contributed by atoms with E-state index in [0.29, 0.717) is 32.5 Å². The highest BCUT2D eigenvalue weighted by molar-refractivity contribution is 7.20. The van der Waals surface area contributed by atoms with E-state index in [1.807, 2.05) is 58.6 Å². The van der Waals surface area contributed by atoms with Crippen LogP contribution in [0.1, 0.15) is 40.5 Å². The number of hydrogen-bond acceptors (Lipinski definition) is 8. The third-order valence-electron chi connectivity index (χ3n) is 5.90. The van der Waals surface area contributed by atoms with Crippen molar-refractivity contribution in [3.8, 4) is 11.3 Å². The smallest absolute Gasteiger partial charge is 0.309 e. The summed E-state index contributed by atoms with van der Waals surface area (Å²) in [7, 11) is 1.87. The lowest BCUT2D eigenvalue weighted by Gasteiger charge is -2.32. The van der Waals surface area contributed by atoms with Gasteiger partial charge < -0.3 is 19.9 Å². The van der Waals surface area contributed by atoms with Gasteiger partial charge >= 0.3 is 5.97 Å². The molecular formula is C25H34N6O3S. The average molecular weight is 499 g/mol. The van der Waals surface area contributed by atoms with Crippen LogP contribution in [0.4, 0.5) is 10.9 Å². The maximum Gasteiger partial charge on any atom is 0.309 e. The molecule has 1 N–H and O–H groups in total. The molecular weight excluding hydrogens is 464 g/mol. The van der Waals surface area contributed by atoms with Gasteiger partial charge in [-0.05, 0) is 40.5 Å². The molecule has 0 radical (unpaired) electrons. The first-order valence-electron chi connectivity index (χ1n) is 12.0. The molecule has 0 saturated carbocycles. The van der Waals surface area contributed by atoms with E-state index in [9.17, 15) is 9.59 Å². The molecule has 1 saturated heterocycles. The highest BCUT2D eigenvalue weighted by Crippen LogP contribution is 2.34. The highest BCUT2D eigenvalue weighted by atomic mass is 32.1. The Labute approximate surface area is 210 Å². The Morgan fingerprint density at radius 3 is 2.51 bits per heavy atom. The van der Waals surface area contributed by atoms with Crippen molar-refractivity contribution in [2.24, 2.45) is 5.92 Å².